The Labute approximate surface area is 141 Å². The van der Waals surface area contributed by atoms with Crippen LogP contribution in [0, 0.1) is 0 Å². The lowest BCUT2D eigenvalue weighted by Crippen LogP contribution is -2.40. The van der Waals surface area contributed by atoms with E-state index in [1.807, 2.05) is 6.07 Å². The van der Waals surface area contributed by atoms with Crippen molar-refractivity contribution in [2.24, 2.45) is 0 Å². The third kappa shape index (κ3) is 3.58. The monoisotopic (exact) mass is 329 g/mol. The zero-order valence-electron chi connectivity index (χ0n) is 13.9. The second-order valence-electron chi connectivity index (χ2n) is 6.53. The van der Waals surface area contributed by atoms with Crippen LogP contribution in [0.3, 0.4) is 0 Å². The first-order chi connectivity index (χ1) is 11.5. The van der Waals surface area contributed by atoms with Gasteiger partial charge in [0.25, 0.3) is 0 Å². The molecule has 0 spiro atoms. The van der Waals surface area contributed by atoms with E-state index >= 15 is 0 Å². The van der Waals surface area contributed by atoms with Crippen molar-refractivity contribution >= 4 is 29.1 Å². The summed E-state index contributed by atoms with van der Waals surface area (Å²) in [4.78, 5) is 37.5. The van der Waals surface area contributed by atoms with Crippen molar-refractivity contribution < 1.29 is 14.4 Å². The third-order valence-electron chi connectivity index (χ3n) is 4.74. The summed E-state index contributed by atoms with van der Waals surface area (Å²) in [5, 5.41) is 5.41. The number of carbonyl (C=O) groups excluding carboxylic acids is 3. The van der Waals surface area contributed by atoms with Crippen LogP contribution in [0.4, 0.5) is 11.4 Å². The van der Waals surface area contributed by atoms with Gasteiger partial charge in [-0.3, -0.25) is 14.4 Å². The van der Waals surface area contributed by atoms with Crippen LogP contribution in [0.15, 0.2) is 18.2 Å². The van der Waals surface area contributed by atoms with Gasteiger partial charge in [-0.2, -0.15) is 0 Å². The number of hydrogen-bond acceptors (Lipinski definition) is 3. The lowest BCUT2D eigenvalue weighted by Gasteiger charge is -2.29. The number of carbonyl (C=O) groups is 3. The second kappa shape index (κ2) is 7.03. The maximum absolute atomic E-state index is 12.1. The minimum Gasteiger partial charge on any atom is -0.345 e. The van der Waals surface area contributed by atoms with Gasteiger partial charge in [0.05, 0.1) is 0 Å². The van der Waals surface area contributed by atoms with E-state index in [4.69, 9.17) is 0 Å². The van der Waals surface area contributed by atoms with Gasteiger partial charge >= 0.3 is 11.8 Å². The van der Waals surface area contributed by atoms with Crippen molar-refractivity contribution in [3.8, 4) is 0 Å². The molecular weight excluding hydrogens is 306 g/mol. The summed E-state index contributed by atoms with van der Waals surface area (Å²) in [5.41, 5.74) is 2.45. The van der Waals surface area contributed by atoms with Crippen LogP contribution in [0.5, 0.6) is 0 Å². The Hall–Kier alpha value is -2.37. The number of nitrogens with zero attached hydrogens (tertiary/aromatic N) is 1. The number of fused-ring (bicyclic) bond motifs is 1. The Morgan fingerprint density at radius 2 is 1.83 bits per heavy atom. The standard InChI is InChI=1S/C18H23N3O3/c1-12(22)21-10-4-5-13-8-9-15(11-16(13)21)20-18(24)17(23)19-14-6-2-3-7-14/h8-9,11,14H,2-7,10H2,1H3,(H,19,23)(H,20,24). The predicted molar refractivity (Wildman–Crippen MR) is 91.8 cm³/mol. The highest BCUT2D eigenvalue weighted by Crippen LogP contribution is 2.30. The molecule has 0 aromatic heterocycles. The van der Waals surface area contributed by atoms with Gasteiger partial charge in [0.1, 0.15) is 0 Å². The number of amides is 3. The van der Waals surface area contributed by atoms with Gasteiger partial charge in [-0.25, -0.2) is 0 Å². The van der Waals surface area contributed by atoms with Crippen LogP contribution in [0.25, 0.3) is 0 Å². The lowest BCUT2D eigenvalue weighted by atomic mass is 10.0. The first kappa shape index (κ1) is 16.5. The van der Waals surface area contributed by atoms with Gasteiger partial charge in [0.2, 0.25) is 5.91 Å². The van der Waals surface area contributed by atoms with E-state index in [-0.39, 0.29) is 11.9 Å². The molecule has 3 rings (SSSR count). The maximum atomic E-state index is 12.1. The van der Waals surface area contributed by atoms with Crippen molar-refractivity contribution in [1.82, 2.24) is 5.32 Å². The fraction of sp³-hybridized carbons (Fsp3) is 0.500. The zero-order chi connectivity index (χ0) is 17.1. The quantitative estimate of drug-likeness (QED) is 0.815. The number of rotatable bonds is 2. The molecule has 1 aromatic rings. The minimum atomic E-state index is -0.660. The van der Waals surface area contributed by atoms with Crippen LogP contribution in [-0.4, -0.2) is 30.3 Å². The molecule has 0 bridgehead atoms. The van der Waals surface area contributed by atoms with Crippen molar-refractivity contribution in [3.05, 3.63) is 23.8 Å². The van der Waals surface area contributed by atoms with Crippen LogP contribution in [0.2, 0.25) is 0 Å². The first-order valence-corrected chi connectivity index (χ1v) is 8.57. The van der Waals surface area contributed by atoms with Crippen molar-refractivity contribution in [2.45, 2.75) is 51.5 Å². The third-order valence-corrected chi connectivity index (χ3v) is 4.74. The molecule has 1 heterocycles. The Bertz CT molecular complexity index is 665. The summed E-state index contributed by atoms with van der Waals surface area (Å²) in [6, 6.07) is 5.58. The van der Waals surface area contributed by atoms with Gasteiger partial charge < -0.3 is 15.5 Å². The lowest BCUT2D eigenvalue weighted by molar-refractivity contribution is -0.136. The summed E-state index contributed by atoms with van der Waals surface area (Å²) in [5.74, 6) is -1.27. The van der Waals surface area contributed by atoms with E-state index in [1.165, 1.54) is 6.92 Å². The average Bonchev–Trinajstić information content (AvgIpc) is 3.07. The van der Waals surface area contributed by atoms with E-state index in [0.29, 0.717) is 12.2 Å². The van der Waals surface area contributed by atoms with E-state index in [1.54, 1.807) is 17.0 Å². The molecule has 2 aliphatic rings. The number of aryl methyl sites for hydroxylation is 1. The molecule has 24 heavy (non-hydrogen) atoms. The highest BCUT2D eigenvalue weighted by molar-refractivity contribution is 6.39. The molecule has 0 unspecified atom stereocenters. The van der Waals surface area contributed by atoms with Gasteiger partial charge in [-0.15, -0.1) is 0 Å². The van der Waals surface area contributed by atoms with Gasteiger partial charge in [-0.1, -0.05) is 18.9 Å². The Balaban J connectivity index is 1.68. The van der Waals surface area contributed by atoms with E-state index in [0.717, 1.165) is 49.8 Å². The average molecular weight is 329 g/mol. The number of anilines is 2. The predicted octanol–water partition coefficient (Wildman–Crippen LogP) is 1.98. The van der Waals surface area contributed by atoms with Crippen molar-refractivity contribution in [3.63, 3.8) is 0 Å². The summed E-state index contributed by atoms with van der Waals surface area (Å²) >= 11 is 0. The molecule has 3 amide bonds. The number of benzene rings is 1. The molecule has 6 heteroatoms. The molecule has 1 aliphatic heterocycles. The normalized spacial score (nSPS) is 17.3. The fourth-order valence-electron chi connectivity index (χ4n) is 3.49. The highest BCUT2D eigenvalue weighted by atomic mass is 16.2. The van der Waals surface area contributed by atoms with Crippen LogP contribution >= 0.6 is 0 Å². The summed E-state index contributed by atoms with van der Waals surface area (Å²) in [6.07, 6.45) is 5.91. The number of hydrogen-bond donors (Lipinski definition) is 2. The van der Waals surface area contributed by atoms with Gasteiger partial charge in [0.15, 0.2) is 0 Å². The van der Waals surface area contributed by atoms with E-state index in [9.17, 15) is 14.4 Å². The molecule has 6 nitrogen and oxygen atoms in total. The smallest absolute Gasteiger partial charge is 0.313 e. The number of nitrogens with one attached hydrogen (secondary N) is 2. The molecule has 2 N–H and O–H groups in total. The SMILES string of the molecule is CC(=O)N1CCCc2ccc(NC(=O)C(=O)NC3CCCC3)cc21. The highest BCUT2D eigenvalue weighted by Gasteiger charge is 2.23. The topological polar surface area (TPSA) is 78.5 Å². The molecule has 0 atom stereocenters. The summed E-state index contributed by atoms with van der Waals surface area (Å²) < 4.78 is 0. The van der Waals surface area contributed by atoms with Crippen molar-refractivity contribution in [1.29, 1.82) is 0 Å². The van der Waals surface area contributed by atoms with Crippen LogP contribution in [-0.2, 0) is 20.8 Å². The molecule has 0 radical (unpaired) electrons. The Morgan fingerprint density at radius 3 is 2.54 bits per heavy atom. The molecule has 1 aliphatic carbocycles. The maximum Gasteiger partial charge on any atom is 0.313 e. The second-order valence-corrected chi connectivity index (χ2v) is 6.53. The minimum absolute atomic E-state index is 0.0154. The molecular formula is C18H23N3O3. The molecule has 1 fully saturated rings. The Kier molecular flexibility index (Phi) is 4.83. The largest absolute Gasteiger partial charge is 0.345 e. The van der Waals surface area contributed by atoms with Crippen LogP contribution < -0.4 is 15.5 Å². The van der Waals surface area contributed by atoms with Crippen LogP contribution in [0.1, 0.15) is 44.6 Å². The van der Waals surface area contributed by atoms with Crippen molar-refractivity contribution in [2.75, 3.05) is 16.8 Å². The molecule has 0 saturated heterocycles. The molecule has 128 valence electrons. The van der Waals surface area contributed by atoms with E-state index in [2.05, 4.69) is 10.6 Å². The summed E-state index contributed by atoms with van der Waals surface area (Å²) in [6.45, 7) is 2.22. The summed E-state index contributed by atoms with van der Waals surface area (Å²) in [7, 11) is 0. The fourth-order valence-corrected chi connectivity index (χ4v) is 3.49. The van der Waals surface area contributed by atoms with E-state index < -0.39 is 11.8 Å². The molecule has 1 saturated carbocycles. The Morgan fingerprint density at radius 1 is 1.08 bits per heavy atom. The van der Waals surface area contributed by atoms with Gasteiger partial charge in [0, 0.05) is 30.9 Å². The molecule has 1 aromatic carbocycles. The van der Waals surface area contributed by atoms with Gasteiger partial charge in [-0.05, 0) is 43.4 Å². The zero-order valence-corrected chi connectivity index (χ0v) is 13.9. The first-order valence-electron chi connectivity index (χ1n) is 8.57.